The van der Waals surface area contributed by atoms with Crippen LogP contribution in [0, 0.1) is 30.3 Å². The third-order valence-corrected chi connectivity index (χ3v) is 7.82. The molecule has 184 valence electrons. The molecule has 7 nitrogen and oxygen atoms in total. The van der Waals surface area contributed by atoms with Crippen molar-refractivity contribution in [2.75, 3.05) is 18.4 Å². The number of hydrogen-bond donors (Lipinski definition) is 1. The van der Waals surface area contributed by atoms with E-state index < -0.39 is 39.3 Å². The standard InChI is InChI=1S/C24H22F3N3O4S/c1-15-23(22(34-29-15)9-6-16-4-2-3-5-19(16)25)35(32,33)30-12-10-17(11-13-30)24(31)28-18-7-8-20(26)21(27)14-18/h2-9,14,17H,10-13H2,1H3,(H,28,31)/b9-6+. The number of benzene rings is 2. The number of sulfonamides is 1. The van der Waals surface area contributed by atoms with Crippen LogP contribution in [-0.4, -0.2) is 36.9 Å². The summed E-state index contributed by atoms with van der Waals surface area (Å²) < 4.78 is 73.5. The number of nitrogens with zero attached hydrogens (tertiary/aromatic N) is 2. The molecule has 3 aromatic rings. The highest BCUT2D eigenvalue weighted by Gasteiger charge is 2.36. The minimum atomic E-state index is -4.00. The molecule has 0 saturated carbocycles. The van der Waals surface area contributed by atoms with Gasteiger partial charge in [0.15, 0.2) is 22.3 Å². The van der Waals surface area contributed by atoms with Crippen LogP contribution in [0.5, 0.6) is 0 Å². The maximum absolute atomic E-state index is 13.9. The molecule has 1 aliphatic heterocycles. The van der Waals surface area contributed by atoms with Crippen LogP contribution in [0.25, 0.3) is 12.2 Å². The Hall–Kier alpha value is -3.44. The van der Waals surface area contributed by atoms with Crippen molar-refractivity contribution in [3.63, 3.8) is 0 Å². The average Bonchev–Trinajstić information content (AvgIpc) is 3.22. The van der Waals surface area contributed by atoms with Crippen LogP contribution < -0.4 is 5.32 Å². The van der Waals surface area contributed by atoms with E-state index in [4.69, 9.17) is 4.52 Å². The lowest BCUT2D eigenvalue weighted by molar-refractivity contribution is -0.120. The largest absolute Gasteiger partial charge is 0.355 e. The van der Waals surface area contributed by atoms with Crippen LogP contribution in [0.1, 0.15) is 29.9 Å². The lowest BCUT2D eigenvalue weighted by atomic mass is 9.97. The van der Waals surface area contributed by atoms with Gasteiger partial charge in [-0.1, -0.05) is 23.4 Å². The monoisotopic (exact) mass is 505 g/mol. The number of halogens is 3. The molecule has 2 aromatic carbocycles. The van der Waals surface area contributed by atoms with Gasteiger partial charge in [-0.25, -0.2) is 21.6 Å². The Morgan fingerprint density at radius 1 is 1.06 bits per heavy atom. The zero-order valence-corrected chi connectivity index (χ0v) is 19.5. The first-order valence-electron chi connectivity index (χ1n) is 10.8. The smallest absolute Gasteiger partial charge is 0.248 e. The topological polar surface area (TPSA) is 92.5 Å². The summed E-state index contributed by atoms with van der Waals surface area (Å²) in [4.78, 5) is 12.4. The van der Waals surface area contributed by atoms with Crippen LogP contribution in [0.2, 0.25) is 0 Å². The third kappa shape index (κ3) is 5.30. The molecule has 0 aliphatic carbocycles. The summed E-state index contributed by atoms with van der Waals surface area (Å²) >= 11 is 0. The maximum Gasteiger partial charge on any atom is 0.248 e. The third-order valence-electron chi connectivity index (χ3n) is 5.76. The van der Waals surface area contributed by atoms with E-state index >= 15 is 0 Å². The van der Waals surface area contributed by atoms with E-state index in [1.165, 1.54) is 35.5 Å². The molecule has 1 saturated heterocycles. The van der Waals surface area contributed by atoms with Gasteiger partial charge in [0, 0.05) is 36.3 Å². The molecule has 1 aromatic heterocycles. The number of piperidine rings is 1. The zero-order chi connectivity index (χ0) is 25.2. The Balaban J connectivity index is 1.45. The Labute approximate surface area is 200 Å². The predicted octanol–water partition coefficient (Wildman–Crippen LogP) is 4.61. The summed E-state index contributed by atoms with van der Waals surface area (Å²) in [5, 5.41) is 6.31. The second kappa shape index (κ2) is 10.0. The molecule has 0 spiro atoms. The van der Waals surface area contributed by atoms with Gasteiger partial charge in [-0.05, 0) is 50.1 Å². The van der Waals surface area contributed by atoms with Gasteiger partial charge in [0.2, 0.25) is 15.9 Å². The Bertz CT molecular complexity index is 1380. The van der Waals surface area contributed by atoms with Gasteiger partial charge in [0.25, 0.3) is 0 Å². The van der Waals surface area contributed by atoms with Crippen molar-refractivity contribution in [2.24, 2.45) is 5.92 Å². The molecule has 0 bridgehead atoms. The highest BCUT2D eigenvalue weighted by molar-refractivity contribution is 7.89. The van der Waals surface area contributed by atoms with Gasteiger partial charge < -0.3 is 9.84 Å². The normalized spacial score (nSPS) is 15.5. The number of hydrogen-bond acceptors (Lipinski definition) is 5. The molecule has 4 rings (SSSR count). The van der Waals surface area contributed by atoms with Crippen LogP contribution >= 0.6 is 0 Å². The minimum absolute atomic E-state index is 0.0241. The van der Waals surface area contributed by atoms with Gasteiger partial charge in [-0.3, -0.25) is 4.79 Å². The van der Waals surface area contributed by atoms with Crippen molar-refractivity contribution in [3.8, 4) is 0 Å². The highest BCUT2D eigenvalue weighted by atomic mass is 32.2. The Morgan fingerprint density at radius 2 is 1.77 bits per heavy atom. The summed E-state index contributed by atoms with van der Waals surface area (Å²) in [5.41, 5.74) is 0.546. The number of amides is 1. The lowest BCUT2D eigenvalue weighted by Gasteiger charge is -2.30. The molecule has 0 radical (unpaired) electrons. The summed E-state index contributed by atoms with van der Waals surface area (Å²) in [6, 6.07) is 9.08. The fraction of sp³-hybridized carbons (Fsp3) is 0.250. The number of aryl methyl sites for hydroxylation is 1. The molecule has 2 heterocycles. The highest BCUT2D eigenvalue weighted by Crippen LogP contribution is 2.30. The molecule has 35 heavy (non-hydrogen) atoms. The number of rotatable bonds is 6. The molecule has 1 fully saturated rings. The average molecular weight is 506 g/mol. The number of carbonyl (C=O) groups excluding carboxylic acids is 1. The van der Waals surface area contributed by atoms with Crippen molar-refractivity contribution < 1.29 is 30.9 Å². The fourth-order valence-electron chi connectivity index (χ4n) is 3.88. The van der Waals surface area contributed by atoms with Crippen molar-refractivity contribution in [3.05, 3.63) is 76.9 Å². The molecule has 1 N–H and O–H groups in total. The van der Waals surface area contributed by atoms with E-state index in [1.54, 1.807) is 18.2 Å². The predicted molar refractivity (Wildman–Crippen MR) is 123 cm³/mol. The summed E-state index contributed by atoms with van der Waals surface area (Å²) in [7, 11) is -4.00. The second-order valence-corrected chi connectivity index (χ2v) is 9.99. The Morgan fingerprint density at radius 3 is 2.46 bits per heavy atom. The van der Waals surface area contributed by atoms with E-state index in [-0.39, 0.29) is 53.5 Å². The van der Waals surface area contributed by atoms with Crippen molar-refractivity contribution in [2.45, 2.75) is 24.7 Å². The van der Waals surface area contributed by atoms with Gasteiger partial charge in [-0.15, -0.1) is 0 Å². The Kier molecular flexibility index (Phi) is 7.08. The van der Waals surface area contributed by atoms with Crippen molar-refractivity contribution in [1.82, 2.24) is 9.46 Å². The van der Waals surface area contributed by atoms with Crippen molar-refractivity contribution in [1.29, 1.82) is 0 Å². The van der Waals surface area contributed by atoms with Crippen LogP contribution in [0.4, 0.5) is 18.9 Å². The maximum atomic E-state index is 13.9. The van der Waals surface area contributed by atoms with Crippen molar-refractivity contribution >= 4 is 33.8 Å². The van der Waals surface area contributed by atoms with Crippen LogP contribution in [-0.2, 0) is 14.8 Å². The number of carbonyl (C=O) groups is 1. The first-order valence-corrected chi connectivity index (χ1v) is 12.3. The van der Waals surface area contributed by atoms with Gasteiger partial charge in [-0.2, -0.15) is 4.31 Å². The molecule has 11 heteroatoms. The molecular formula is C24H22F3N3O4S. The second-order valence-electron chi connectivity index (χ2n) is 8.11. The molecule has 0 unspecified atom stereocenters. The summed E-state index contributed by atoms with van der Waals surface area (Å²) in [6.45, 7) is 1.64. The van der Waals surface area contributed by atoms with Gasteiger partial charge in [0.1, 0.15) is 11.5 Å². The quantitative estimate of drug-likeness (QED) is 0.528. The van der Waals surface area contributed by atoms with Crippen LogP contribution in [0.3, 0.4) is 0 Å². The van der Waals surface area contributed by atoms with E-state index in [0.717, 1.165) is 12.1 Å². The zero-order valence-electron chi connectivity index (χ0n) is 18.7. The van der Waals surface area contributed by atoms with Crippen LogP contribution in [0.15, 0.2) is 51.9 Å². The first kappa shape index (κ1) is 24.7. The van der Waals surface area contributed by atoms with E-state index in [1.807, 2.05) is 0 Å². The molecule has 0 atom stereocenters. The van der Waals surface area contributed by atoms with Gasteiger partial charge >= 0.3 is 0 Å². The number of anilines is 1. The fourth-order valence-corrected chi connectivity index (χ4v) is 5.60. The molecular weight excluding hydrogens is 483 g/mol. The van der Waals surface area contributed by atoms with E-state index in [0.29, 0.717) is 0 Å². The van der Waals surface area contributed by atoms with Gasteiger partial charge in [0.05, 0.1) is 0 Å². The minimum Gasteiger partial charge on any atom is -0.355 e. The lowest BCUT2D eigenvalue weighted by Crippen LogP contribution is -2.41. The summed E-state index contributed by atoms with van der Waals surface area (Å²) in [5.74, 6) is -3.49. The molecule has 1 aliphatic rings. The van der Waals surface area contributed by atoms with E-state index in [2.05, 4.69) is 10.5 Å². The van der Waals surface area contributed by atoms with E-state index in [9.17, 15) is 26.4 Å². The summed E-state index contributed by atoms with van der Waals surface area (Å²) in [6.07, 6.45) is 3.23. The molecule has 1 amide bonds. The first-order chi connectivity index (χ1) is 16.7. The number of aromatic nitrogens is 1. The SMILES string of the molecule is Cc1noc(/C=C/c2ccccc2F)c1S(=O)(=O)N1CCC(C(=O)Nc2ccc(F)c(F)c2)CC1. The number of nitrogens with one attached hydrogen (secondary N) is 1.